The van der Waals surface area contributed by atoms with E-state index in [9.17, 15) is 0 Å². The number of hydrogen-bond acceptors (Lipinski definition) is 4. The molecule has 0 bridgehead atoms. The van der Waals surface area contributed by atoms with Gasteiger partial charge in [0.05, 0.1) is 12.8 Å². The summed E-state index contributed by atoms with van der Waals surface area (Å²) in [5.41, 5.74) is 2.38. The molecule has 0 atom stereocenters. The molecule has 0 aromatic carbocycles. The molecular formula is C17H23N3O. The second-order valence-electron chi connectivity index (χ2n) is 5.72. The summed E-state index contributed by atoms with van der Waals surface area (Å²) < 4.78 is 5.45. The van der Waals surface area contributed by atoms with E-state index in [1.165, 1.54) is 18.4 Å². The number of nitrogens with one attached hydrogen (secondary N) is 1. The van der Waals surface area contributed by atoms with Gasteiger partial charge in [-0.05, 0) is 56.5 Å². The lowest BCUT2D eigenvalue weighted by atomic mass is 10.2. The van der Waals surface area contributed by atoms with Crippen LogP contribution in [0.4, 0.5) is 5.82 Å². The summed E-state index contributed by atoms with van der Waals surface area (Å²) in [6.07, 6.45) is 4.35. The molecule has 2 heterocycles. The summed E-state index contributed by atoms with van der Waals surface area (Å²) in [6.45, 7) is 6.81. The molecule has 0 unspecified atom stereocenters. The molecule has 1 aliphatic rings. The van der Waals surface area contributed by atoms with Gasteiger partial charge in [0.25, 0.3) is 0 Å². The second kappa shape index (κ2) is 6.31. The smallest absolute Gasteiger partial charge is 0.129 e. The van der Waals surface area contributed by atoms with Gasteiger partial charge in [-0.3, -0.25) is 0 Å². The third-order valence-electron chi connectivity index (χ3n) is 3.80. The van der Waals surface area contributed by atoms with Crippen LogP contribution in [0, 0.1) is 6.92 Å². The van der Waals surface area contributed by atoms with Crippen molar-refractivity contribution in [1.29, 1.82) is 0 Å². The van der Waals surface area contributed by atoms with Crippen LogP contribution in [-0.4, -0.2) is 17.6 Å². The summed E-state index contributed by atoms with van der Waals surface area (Å²) in [7, 11) is 0. The third-order valence-corrected chi connectivity index (χ3v) is 3.80. The standard InChI is InChI=1S/C17H23N3O/c1-3-20(12-16-5-4-8-21-16)17-10-14(9-13(2)19-17)11-18-15-6-7-15/h4-5,8-10,15,18H,3,6-7,11-12H2,1-2H3. The van der Waals surface area contributed by atoms with E-state index in [4.69, 9.17) is 4.42 Å². The summed E-state index contributed by atoms with van der Waals surface area (Å²) in [4.78, 5) is 6.93. The molecule has 0 spiro atoms. The number of anilines is 1. The van der Waals surface area contributed by atoms with Crippen molar-refractivity contribution in [2.45, 2.75) is 45.8 Å². The lowest BCUT2D eigenvalue weighted by Gasteiger charge is -2.22. The highest BCUT2D eigenvalue weighted by molar-refractivity contribution is 5.43. The van der Waals surface area contributed by atoms with Gasteiger partial charge in [0, 0.05) is 24.8 Å². The molecule has 21 heavy (non-hydrogen) atoms. The molecule has 2 aromatic rings. The van der Waals surface area contributed by atoms with Crippen molar-refractivity contribution in [3.8, 4) is 0 Å². The van der Waals surface area contributed by atoms with Crippen LogP contribution < -0.4 is 10.2 Å². The monoisotopic (exact) mass is 285 g/mol. The highest BCUT2D eigenvalue weighted by Crippen LogP contribution is 2.21. The van der Waals surface area contributed by atoms with E-state index in [-0.39, 0.29) is 0 Å². The van der Waals surface area contributed by atoms with E-state index in [1.807, 2.05) is 12.1 Å². The molecule has 1 fully saturated rings. The van der Waals surface area contributed by atoms with Crippen molar-refractivity contribution in [3.05, 3.63) is 47.5 Å². The minimum absolute atomic E-state index is 0.729. The van der Waals surface area contributed by atoms with Crippen LogP contribution in [-0.2, 0) is 13.1 Å². The molecule has 0 aliphatic heterocycles. The van der Waals surface area contributed by atoms with Crippen LogP contribution >= 0.6 is 0 Å². The number of furan rings is 1. The maximum atomic E-state index is 5.45. The number of aromatic nitrogens is 1. The molecule has 1 aliphatic carbocycles. The third kappa shape index (κ3) is 3.85. The van der Waals surface area contributed by atoms with Gasteiger partial charge in [0.15, 0.2) is 0 Å². The van der Waals surface area contributed by atoms with Gasteiger partial charge in [-0.15, -0.1) is 0 Å². The van der Waals surface area contributed by atoms with Gasteiger partial charge in [0.1, 0.15) is 11.6 Å². The number of pyridine rings is 1. The normalized spacial score (nSPS) is 14.4. The fourth-order valence-corrected chi connectivity index (χ4v) is 2.48. The fourth-order valence-electron chi connectivity index (χ4n) is 2.48. The Kier molecular flexibility index (Phi) is 4.25. The molecule has 3 rings (SSSR count). The van der Waals surface area contributed by atoms with E-state index in [1.54, 1.807) is 6.26 Å². The Hall–Kier alpha value is -1.81. The average molecular weight is 285 g/mol. The van der Waals surface area contributed by atoms with E-state index >= 15 is 0 Å². The first kappa shape index (κ1) is 14.1. The molecule has 112 valence electrons. The minimum atomic E-state index is 0.729. The largest absolute Gasteiger partial charge is 0.467 e. The first-order chi connectivity index (χ1) is 10.2. The first-order valence-corrected chi connectivity index (χ1v) is 7.73. The Bertz CT molecular complexity index is 576. The number of rotatable bonds is 7. The first-order valence-electron chi connectivity index (χ1n) is 7.73. The Morgan fingerprint density at radius 2 is 2.24 bits per heavy atom. The van der Waals surface area contributed by atoms with Gasteiger partial charge in [-0.2, -0.15) is 0 Å². The van der Waals surface area contributed by atoms with Crippen molar-refractivity contribution in [3.63, 3.8) is 0 Å². The highest BCUT2D eigenvalue weighted by Gasteiger charge is 2.20. The van der Waals surface area contributed by atoms with Crippen LogP contribution in [0.1, 0.15) is 36.8 Å². The SMILES string of the molecule is CCN(Cc1ccco1)c1cc(CNC2CC2)cc(C)n1. The van der Waals surface area contributed by atoms with Gasteiger partial charge < -0.3 is 14.6 Å². The van der Waals surface area contributed by atoms with Crippen LogP contribution in [0.5, 0.6) is 0 Å². The van der Waals surface area contributed by atoms with E-state index in [0.717, 1.165) is 42.9 Å². The molecule has 4 nitrogen and oxygen atoms in total. The van der Waals surface area contributed by atoms with E-state index in [0.29, 0.717) is 0 Å². The van der Waals surface area contributed by atoms with E-state index < -0.39 is 0 Å². The Morgan fingerprint density at radius 1 is 1.38 bits per heavy atom. The van der Waals surface area contributed by atoms with Gasteiger partial charge >= 0.3 is 0 Å². The van der Waals surface area contributed by atoms with Crippen LogP contribution in [0.3, 0.4) is 0 Å². The predicted octanol–water partition coefficient (Wildman–Crippen LogP) is 3.26. The summed E-state index contributed by atoms with van der Waals surface area (Å²) >= 11 is 0. The lowest BCUT2D eigenvalue weighted by Crippen LogP contribution is -2.24. The molecule has 0 saturated heterocycles. The topological polar surface area (TPSA) is 41.3 Å². The number of hydrogen-bond donors (Lipinski definition) is 1. The van der Waals surface area contributed by atoms with Gasteiger partial charge in [-0.25, -0.2) is 4.98 Å². The van der Waals surface area contributed by atoms with Gasteiger partial charge in [0.2, 0.25) is 0 Å². The van der Waals surface area contributed by atoms with Crippen molar-refractivity contribution in [2.24, 2.45) is 0 Å². The Balaban J connectivity index is 1.74. The lowest BCUT2D eigenvalue weighted by molar-refractivity contribution is 0.502. The van der Waals surface area contributed by atoms with Gasteiger partial charge in [-0.1, -0.05) is 0 Å². The zero-order valence-electron chi connectivity index (χ0n) is 12.8. The average Bonchev–Trinajstić information content (AvgIpc) is 3.17. The molecule has 1 N–H and O–H groups in total. The van der Waals surface area contributed by atoms with E-state index in [2.05, 4.69) is 41.2 Å². The van der Waals surface area contributed by atoms with Crippen LogP contribution in [0.2, 0.25) is 0 Å². The van der Waals surface area contributed by atoms with Crippen LogP contribution in [0.15, 0.2) is 34.9 Å². The molecule has 0 amide bonds. The van der Waals surface area contributed by atoms with Crippen LogP contribution in [0.25, 0.3) is 0 Å². The Labute approximate surface area is 126 Å². The molecule has 2 aromatic heterocycles. The summed E-state index contributed by atoms with van der Waals surface area (Å²) in [5, 5.41) is 3.57. The predicted molar refractivity (Wildman–Crippen MR) is 84.3 cm³/mol. The zero-order valence-corrected chi connectivity index (χ0v) is 12.8. The van der Waals surface area contributed by atoms with Crippen molar-refractivity contribution < 1.29 is 4.42 Å². The second-order valence-corrected chi connectivity index (χ2v) is 5.72. The van der Waals surface area contributed by atoms with Crippen molar-refractivity contribution >= 4 is 5.82 Å². The molecule has 0 radical (unpaired) electrons. The Morgan fingerprint density at radius 3 is 2.90 bits per heavy atom. The number of aryl methyl sites for hydroxylation is 1. The van der Waals surface area contributed by atoms with Crippen molar-refractivity contribution in [1.82, 2.24) is 10.3 Å². The zero-order chi connectivity index (χ0) is 14.7. The van der Waals surface area contributed by atoms with Crippen molar-refractivity contribution in [2.75, 3.05) is 11.4 Å². The molecular weight excluding hydrogens is 262 g/mol. The summed E-state index contributed by atoms with van der Waals surface area (Å²) in [6, 6.07) is 9.02. The molecule has 4 heteroatoms. The molecule has 1 saturated carbocycles. The maximum Gasteiger partial charge on any atom is 0.129 e. The fraction of sp³-hybridized carbons (Fsp3) is 0.471. The number of nitrogens with zero attached hydrogens (tertiary/aromatic N) is 2. The summed E-state index contributed by atoms with van der Waals surface area (Å²) in [5.74, 6) is 2.00. The highest BCUT2D eigenvalue weighted by atomic mass is 16.3. The quantitative estimate of drug-likeness (QED) is 0.848. The minimum Gasteiger partial charge on any atom is -0.467 e. The maximum absolute atomic E-state index is 5.45.